The van der Waals surface area contributed by atoms with Gasteiger partial charge in [0.25, 0.3) is 0 Å². The number of nitrogens with zero attached hydrogens (tertiary/aromatic N) is 4. The molecule has 1 unspecified atom stereocenters. The van der Waals surface area contributed by atoms with Gasteiger partial charge in [0.15, 0.2) is 0 Å². The number of aryl methyl sites for hydroxylation is 1. The van der Waals surface area contributed by atoms with Crippen molar-refractivity contribution in [2.24, 2.45) is 5.73 Å². The zero-order chi connectivity index (χ0) is 22.4. The summed E-state index contributed by atoms with van der Waals surface area (Å²) in [5, 5.41) is 21.2. The van der Waals surface area contributed by atoms with Crippen LogP contribution in [0, 0.1) is 0 Å². The smallest absolute Gasteiger partial charge is 0.394 e. The summed E-state index contributed by atoms with van der Waals surface area (Å²) in [6.07, 6.45) is 1.16. The molecule has 31 heavy (non-hydrogen) atoms. The molecular formula is C20H24F3N5O2S. The molecule has 168 valence electrons. The number of rotatable bonds is 10. The maximum atomic E-state index is 13.8. The van der Waals surface area contributed by atoms with E-state index in [9.17, 15) is 13.2 Å². The van der Waals surface area contributed by atoms with Crippen molar-refractivity contribution in [1.29, 1.82) is 0 Å². The molecule has 3 N–H and O–H groups in total. The number of alkyl halides is 3. The molecule has 2 heterocycles. The van der Waals surface area contributed by atoms with Crippen LogP contribution in [-0.4, -0.2) is 32.1 Å². The monoisotopic (exact) mass is 455 g/mol. The lowest BCUT2D eigenvalue weighted by molar-refractivity contribution is -0.137. The van der Waals surface area contributed by atoms with Gasteiger partial charge in [0, 0.05) is 17.5 Å². The Bertz CT molecular complexity index is 989. The number of hydrogen-bond donors (Lipinski definition) is 2. The van der Waals surface area contributed by atoms with Gasteiger partial charge in [0.05, 0.1) is 18.2 Å². The highest BCUT2D eigenvalue weighted by atomic mass is 32.1. The van der Waals surface area contributed by atoms with Crippen molar-refractivity contribution in [3.8, 4) is 22.0 Å². The highest BCUT2D eigenvalue weighted by Crippen LogP contribution is 2.39. The normalized spacial score (nSPS) is 13.0. The van der Waals surface area contributed by atoms with Gasteiger partial charge < -0.3 is 15.4 Å². The number of aromatic nitrogens is 4. The van der Waals surface area contributed by atoms with Crippen molar-refractivity contribution in [1.82, 2.24) is 20.3 Å². The number of nitrogens with two attached hydrogens (primary N) is 1. The number of benzene rings is 1. The summed E-state index contributed by atoms with van der Waals surface area (Å²) in [6, 6.07) is 3.07. The lowest BCUT2D eigenvalue weighted by atomic mass is 10.0. The molecule has 0 amide bonds. The fourth-order valence-corrected chi connectivity index (χ4v) is 3.86. The molecule has 0 aliphatic heterocycles. The van der Waals surface area contributed by atoms with Crippen LogP contribution in [0.3, 0.4) is 0 Å². The van der Waals surface area contributed by atoms with Gasteiger partial charge >= 0.3 is 6.18 Å². The van der Waals surface area contributed by atoms with Crippen LogP contribution < -0.4 is 5.73 Å². The van der Waals surface area contributed by atoms with E-state index in [1.807, 2.05) is 0 Å². The Morgan fingerprint density at radius 1 is 1.16 bits per heavy atom. The van der Waals surface area contributed by atoms with Gasteiger partial charge in [0.2, 0.25) is 11.7 Å². The summed E-state index contributed by atoms with van der Waals surface area (Å²) in [6.45, 7) is 1.79. The number of unbranched alkanes of at least 4 members (excludes halogenated alkanes) is 4. The molecule has 0 fully saturated rings. The van der Waals surface area contributed by atoms with E-state index in [4.69, 9.17) is 15.4 Å². The zero-order valence-corrected chi connectivity index (χ0v) is 17.8. The van der Waals surface area contributed by atoms with E-state index < -0.39 is 17.8 Å². The molecule has 0 bridgehead atoms. The molecule has 1 atom stereocenters. The molecule has 7 nitrogen and oxygen atoms in total. The van der Waals surface area contributed by atoms with Crippen LogP contribution in [0.1, 0.15) is 61.5 Å². The van der Waals surface area contributed by atoms with Crippen molar-refractivity contribution in [3.63, 3.8) is 0 Å². The average molecular weight is 456 g/mol. The van der Waals surface area contributed by atoms with E-state index in [1.54, 1.807) is 0 Å². The Labute approximate surface area is 181 Å². The van der Waals surface area contributed by atoms with E-state index in [2.05, 4.69) is 27.3 Å². The van der Waals surface area contributed by atoms with Crippen LogP contribution in [-0.2, 0) is 12.6 Å². The highest BCUT2D eigenvalue weighted by Gasteiger charge is 2.35. The summed E-state index contributed by atoms with van der Waals surface area (Å²) in [5.74, 6) is 0.234. The van der Waals surface area contributed by atoms with Gasteiger partial charge in [-0.05, 0) is 18.6 Å². The van der Waals surface area contributed by atoms with Gasteiger partial charge in [-0.1, -0.05) is 55.2 Å². The lowest BCUT2D eigenvalue weighted by Crippen LogP contribution is -2.13. The van der Waals surface area contributed by atoms with Crippen molar-refractivity contribution in [3.05, 3.63) is 34.7 Å². The largest absolute Gasteiger partial charge is 0.417 e. The van der Waals surface area contributed by atoms with Gasteiger partial charge in [-0.15, -0.1) is 10.2 Å². The van der Waals surface area contributed by atoms with Crippen molar-refractivity contribution < 1.29 is 22.8 Å². The maximum Gasteiger partial charge on any atom is 0.417 e. The summed E-state index contributed by atoms with van der Waals surface area (Å²) in [4.78, 5) is 4.17. The minimum atomic E-state index is -4.62. The molecule has 0 spiro atoms. The quantitative estimate of drug-likeness (QED) is 0.423. The molecule has 0 saturated carbocycles. The summed E-state index contributed by atoms with van der Waals surface area (Å²) < 4.78 is 46.5. The fraction of sp³-hybridized carbons (Fsp3) is 0.500. The van der Waals surface area contributed by atoms with Crippen molar-refractivity contribution in [2.45, 2.75) is 57.7 Å². The molecule has 2 aromatic heterocycles. The molecule has 0 aliphatic rings. The SMILES string of the molecule is CCCCCCCc1nc(-c2ccc(-c3nnc(C(N)CO)s3)cc2C(F)(F)F)no1. The Hall–Kier alpha value is -2.37. The standard InChI is InChI=1S/C20H24F3N5O2S/c1-2-3-4-5-6-7-16-25-17(28-30-16)13-9-8-12(10-14(13)20(21,22)23)18-26-27-19(31-18)15(24)11-29/h8-10,15,29H,2-7,11,24H2,1H3. The average Bonchev–Trinajstić information content (AvgIpc) is 3.42. The Morgan fingerprint density at radius 3 is 2.65 bits per heavy atom. The van der Waals surface area contributed by atoms with Crippen LogP contribution in [0.2, 0.25) is 0 Å². The number of aliphatic hydroxyl groups is 1. The second-order valence-electron chi connectivity index (χ2n) is 7.17. The van der Waals surface area contributed by atoms with Gasteiger partial charge in [0.1, 0.15) is 10.0 Å². The molecular weight excluding hydrogens is 431 g/mol. The number of hydrogen-bond acceptors (Lipinski definition) is 8. The third kappa shape index (κ3) is 5.86. The molecule has 0 radical (unpaired) electrons. The minimum absolute atomic E-state index is 0.0947. The summed E-state index contributed by atoms with van der Waals surface area (Å²) in [5.41, 5.74) is 4.89. The van der Waals surface area contributed by atoms with Crippen LogP contribution >= 0.6 is 11.3 Å². The topological polar surface area (TPSA) is 111 Å². The first-order valence-corrected chi connectivity index (χ1v) is 10.9. The molecule has 3 aromatic rings. The third-order valence-electron chi connectivity index (χ3n) is 4.73. The fourth-order valence-electron chi connectivity index (χ4n) is 3.03. The van der Waals surface area contributed by atoms with Crippen LogP contribution in [0.25, 0.3) is 22.0 Å². The van der Waals surface area contributed by atoms with E-state index in [1.165, 1.54) is 12.1 Å². The third-order valence-corrected chi connectivity index (χ3v) is 5.83. The van der Waals surface area contributed by atoms with Gasteiger partial charge in [-0.2, -0.15) is 18.2 Å². The second kappa shape index (κ2) is 10.3. The Balaban J connectivity index is 1.84. The van der Waals surface area contributed by atoms with Gasteiger partial charge in [-0.25, -0.2) is 0 Å². The van der Waals surface area contributed by atoms with Crippen LogP contribution in [0.15, 0.2) is 22.7 Å². The summed E-state index contributed by atoms with van der Waals surface area (Å²) >= 11 is 1.03. The van der Waals surface area contributed by atoms with Crippen LogP contribution in [0.4, 0.5) is 13.2 Å². The molecule has 11 heteroatoms. The predicted octanol–water partition coefficient (Wildman–Crippen LogP) is 4.78. The predicted molar refractivity (Wildman–Crippen MR) is 110 cm³/mol. The lowest BCUT2D eigenvalue weighted by Gasteiger charge is -2.11. The molecule has 1 aromatic carbocycles. The molecule has 0 aliphatic carbocycles. The van der Waals surface area contributed by atoms with Crippen molar-refractivity contribution >= 4 is 11.3 Å². The second-order valence-corrected chi connectivity index (χ2v) is 8.18. The van der Waals surface area contributed by atoms with E-state index >= 15 is 0 Å². The number of aliphatic hydroxyl groups excluding tert-OH is 1. The molecule has 3 rings (SSSR count). The molecule has 0 saturated heterocycles. The number of halogens is 3. The first-order chi connectivity index (χ1) is 14.8. The first kappa shape index (κ1) is 23.3. The highest BCUT2D eigenvalue weighted by molar-refractivity contribution is 7.14. The Kier molecular flexibility index (Phi) is 7.74. The van der Waals surface area contributed by atoms with Gasteiger partial charge in [-0.3, -0.25) is 0 Å². The zero-order valence-electron chi connectivity index (χ0n) is 17.0. The van der Waals surface area contributed by atoms with Crippen molar-refractivity contribution in [2.75, 3.05) is 6.61 Å². The van der Waals surface area contributed by atoms with E-state index in [0.29, 0.717) is 17.3 Å². The minimum Gasteiger partial charge on any atom is -0.394 e. The van der Waals surface area contributed by atoms with Crippen LogP contribution in [0.5, 0.6) is 0 Å². The first-order valence-electron chi connectivity index (χ1n) is 10.1. The summed E-state index contributed by atoms with van der Waals surface area (Å²) in [7, 11) is 0. The van der Waals surface area contributed by atoms with E-state index in [-0.39, 0.29) is 28.6 Å². The Morgan fingerprint density at radius 2 is 1.94 bits per heavy atom. The van der Waals surface area contributed by atoms with E-state index in [0.717, 1.165) is 49.5 Å². The maximum absolute atomic E-state index is 13.8.